The summed E-state index contributed by atoms with van der Waals surface area (Å²) in [6.07, 6.45) is 0.936. The van der Waals surface area contributed by atoms with Crippen LogP contribution in [0.1, 0.15) is 27.2 Å². The topological polar surface area (TPSA) is 26.3 Å². The Morgan fingerprint density at radius 2 is 1.68 bits per heavy atom. The lowest BCUT2D eigenvalue weighted by Gasteiger charge is -2.53. The van der Waals surface area contributed by atoms with Crippen molar-refractivity contribution in [2.45, 2.75) is 76.2 Å². The monoisotopic (exact) mass is 298 g/mol. The van der Waals surface area contributed by atoms with E-state index in [1.807, 2.05) is 0 Å². The van der Waals surface area contributed by atoms with Crippen molar-refractivity contribution in [2.75, 3.05) is 0 Å². The van der Waals surface area contributed by atoms with E-state index in [1.165, 1.54) is 0 Å². The van der Waals surface area contributed by atoms with Gasteiger partial charge in [0.25, 0.3) is 0 Å². The minimum atomic E-state index is -1.33. The number of hydrogen-bond acceptors (Lipinski definition) is 2. The highest BCUT2D eigenvalue weighted by Gasteiger charge is 2.54. The maximum Gasteiger partial charge on any atom is 0.333 e. The van der Waals surface area contributed by atoms with Gasteiger partial charge in [-0.3, -0.25) is 0 Å². The van der Waals surface area contributed by atoms with E-state index in [2.05, 4.69) is 46.6 Å². The second-order valence-electron chi connectivity index (χ2n) is 7.76. The van der Waals surface area contributed by atoms with Crippen molar-refractivity contribution < 1.29 is 9.53 Å². The first kappa shape index (κ1) is 16.7. The second-order valence-corrected chi connectivity index (χ2v) is 18.7. The highest BCUT2D eigenvalue weighted by molar-refractivity contribution is 6.98. The van der Waals surface area contributed by atoms with Crippen molar-refractivity contribution in [1.29, 1.82) is 0 Å². The van der Waals surface area contributed by atoms with Gasteiger partial charge in [0.1, 0.15) is 5.60 Å². The quantitative estimate of drug-likeness (QED) is 0.432. The van der Waals surface area contributed by atoms with Crippen LogP contribution in [-0.2, 0) is 9.53 Å². The van der Waals surface area contributed by atoms with Gasteiger partial charge in [0.15, 0.2) is 0 Å². The van der Waals surface area contributed by atoms with E-state index in [-0.39, 0.29) is 11.6 Å². The fraction of sp³-hybridized carbons (Fsp3) is 0.800. The molecule has 0 unspecified atom stereocenters. The molecular formula is C15H30O2Si2. The lowest BCUT2D eigenvalue weighted by Crippen LogP contribution is -2.60. The number of ether oxygens (including phenoxy) is 1. The number of rotatable bonds is 3. The molecule has 0 aromatic heterocycles. The van der Waals surface area contributed by atoms with E-state index in [4.69, 9.17) is 4.74 Å². The molecule has 1 heterocycles. The van der Waals surface area contributed by atoms with Crippen LogP contribution in [-0.4, -0.2) is 27.7 Å². The first-order chi connectivity index (χ1) is 8.46. The first-order valence-corrected chi connectivity index (χ1v) is 13.9. The minimum absolute atomic E-state index is 0.203. The molecule has 1 rings (SSSR count). The van der Waals surface area contributed by atoms with Gasteiger partial charge < -0.3 is 4.74 Å². The third-order valence-electron chi connectivity index (χ3n) is 5.20. The Labute approximate surface area is 120 Å². The molecule has 0 aromatic carbocycles. The van der Waals surface area contributed by atoms with Gasteiger partial charge in [-0.25, -0.2) is 4.79 Å². The van der Waals surface area contributed by atoms with Gasteiger partial charge in [-0.05, 0) is 25.4 Å². The van der Waals surface area contributed by atoms with Crippen LogP contribution in [0.3, 0.4) is 0 Å². The van der Waals surface area contributed by atoms with Crippen LogP contribution >= 0.6 is 0 Å². The molecule has 0 atom stereocenters. The van der Waals surface area contributed by atoms with E-state index in [1.54, 1.807) is 6.92 Å². The van der Waals surface area contributed by atoms with Crippen LogP contribution < -0.4 is 0 Å². The first-order valence-electron chi connectivity index (χ1n) is 7.35. The Morgan fingerprint density at radius 3 is 2.00 bits per heavy atom. The van der Waals surface area contributed by atoms with Crippen molar-refractivity contribution in [3.8, 4) is 0 Å². The number of carbonyl (C=O) groups is 1. The molecule has 4 heteroatoms. The molecule has 0 saturated carbocycles. The highest BCUT2D eigenvalue weighted by Crippen LogP contribution is 2.50. The van der Waals surface area contributed by atoms with Gasteiger partial charge in [0.05, 0.1) is 16.1 Å². The van der Waals surface area contributed by atoms with E-state index in [0.717, 1.165) is 23.7 Å². The average molecular weight is 299 g/mol. The molecule has 1 aliphatic rings. The third-order valence-corrected chi connectivity index (χ3v) is 17.7. The fourth-order valence-electron chi connectivity index (χ4n) is 3.77. The SMILES string of the molecule is C=C(C)C(=O)OC1(CC)C[Si](C)(C)C(C)[Si](C)(C)C1. The van der Waals surface area contributed by atoms with Gasteiger partial charge in [0.2, 0.25) is 0 Å². The minimum Gasteiger partial charge on any atom is -0.456 e. The molecular weight excluding hydrogens is 268 g/mol. The van der Waals surface area contributed by atoms with Crippen molar-refractivity contribution in [3.63, 3.8) is 0 Å². The molecule has 110 valence electrons. The zero-order valence-corrected chi connectivity index (χ0v) is 15.7. The molecule has 1 aliphatic heterocycles. The molecule has 0 radical (unpaired) electrons. The largest absolute Gasteiger partial charge is 0.456 e. The van der Waals surface area contributed by atoms with Crippen molar-refractivity contribution in [2.24, 2.45) is 0 Å². The summed E-state index contributed by atoms with van der Waals surface area (Å²) >= 11 is 0. The van der Waals surface area contributed by atoms with Crippen molar-refractivity contribution in [1.82, 2.24) is 0 Å². The fourth-order valence-corrected chi connectivity index (χ4v) is 17.9. The van der Waals surface area contributed by atoms with Gasteiger partial charge in [0, 0.05) is 5.57 Å². The van der Waals surface area contributed by atoms with Gasteiger partial charge in [-0.1, -0.05) is 51.8 Å². The number of esters is 1. The predicted octanol–water partition coefficient (Wildman–Crippen LogP) is 4.61. The Kier molecular flexibility index (Phi) is 4.57. The second kappa shape index (κ2) is 5.20. The van der Waals surface area contributed by atoms with Crippen molar-refractivity contribution in [3.05, 3.63) is 12.2 Å². The summed E-state index contributed by atoms with van der Waals surface area (Å²) < 4.78 is 5.94. The molecule has 0 aromatic rings. The zero-order chi connectivity index (χ0) is 15.1. The Bertz CT molecular complexity index is 368. The molecule has 2 nitrogen and oxygen atoms in total. The molecule has 1 saturated heterocycles. The van der Waals surface area contributed by atoms with Crippen LogP contribution in [0, 0.1) is 0 Å². The third kappa shape index (κ3) is 3.40. The van der Waals surface area contributed by atoms with Gasteiger partial charge in [-0.2, -0.15) is 0 Å². The smallest absolute Gasteiger partial charge is 0.333 e. The molecule has 0 spiro atoms. The van der Waals surface area contributed by atoms with E-state index in [0.29, 0.717) is 5.57 Å². The van der Waals surface area contributed by atoms with Crippen LogP contribution in [0.5, 0.6) is 0 Å². The molecule has 0 bridgehead atoms. The summed E-state index contributed by atoms with van der Waals surface area (Å²) in [6.45, 7) is 19.9. The van der Waals surface area contributed by atoms with Gasteiger partial charge >= 0.3 is 5.97 Å². The van der Waals surface area contributed by atoms with Gasteiger partial charge in [-0.15, -0.1) is 0 Å². The molecule has 0 amide bonds. The van der Waals surface area contributed by atoms with Crippen LogP contribution in [0.15, 0.2) is 12.2 Å². The van der Waals surface area contributed by atoms with E-state index >= 15 is 0 Å². The summed E-state index contributed by atoms with van der Waals surface area (Å²) in [5.74, 6) is -0.203. The maximum absolute atomic E-state index is 12.0. The zero-order valence-electron chi connectivity index (χ0n) is 13.7. The van der Waals surface area contributed by atoms with E-state index in [9.17, 15) is 4.79 Å². The lowest BCUT2D eigenvalue weighted by molar-refractivity contribution is -0.151. The normalized spacial score (nSPS) is 32.7. The molecule has 1 fully saturated rings. The van der Waals surface area contributed by atoms with Crippen molar-refractivity contribution >= 4 is 22.1 Å². The molecule has 0 N–H and O–H groups in total. The van der Waals surface area contributed by atoms with E-state index < -0.39 is 16.1 Å². The highest BCUT2D eigenvalue weighted by atomic mass is 28.4. The lowest BCUT2D eigenvalue weighted by atomic mass is 10.1. The number of carbonyl (C=O) groups excluding carboxylic acids is 1. The van der Waals surface area contributed by atoms with Crippen LogP contribution in [0.4, 0.5) is 0 Å². The Balaban J connectivity index is 3.08. The average Bonchev–Trinajstić information content (AvgIpc) is 2.24. The Morgan fingerprint density at radius 1 is 1.26 bits per heavy atom. The summed E-state index contributed by atoms with van der Waals surface area (Å²) in [6, 6.07) is 2.21. The predicted molar refractivity (Wildman–Crippen MR) is 87.9 cm³/mol. The summed E-state index contributed by atoms with van der Waals surface area (Å²) in [5, 5.41) is 0.878. The summed E-state index contributed by atoms with van der Waals surface area (Å²) in [5.41, 5.74) is 0.305. The Hall–Kier alpha value is -0.356. The molecule has 19 heavy (non-hydrogen) atoms. The number of hydrogen-bond donors (Lipinski definition) is 0. The standard InChI is InChI=1S/C15H30O2Si2/c1-9-15(17-14(16)12(2)3)10-18(5,6)13(4)19(7,8)11-15/h13H,2,9-11H2,1,3-8H3. The maximum atomic E-state index is 12.0. The van der Waals surface area contributed by atoms with Crippen LogP contribution in [0.25, 0.3) is 0 Å². The molecule has 0 aliphatic carbocycles. The summed E-state index contributed by atoms with van der Waals surface area (Å²) in [4.78, 5) is 12.0. The van der Waals surface area contributed by atoms with Crippen LogP contribution in [0.2, 0.25) is 43.4 Å². The summed E-state index contributed by atoms with van der Waals surface area (Å²) in [7, 11) is -2.66.